The Morgan fingerprint density at radius 2 is 1.80 bits per heavy atom. The lowest BCUT2D eigenvalue weighted by atomic mass is 9.84. The molecular weight excluding hydrogens is 442 g/mol. The summed E-state index contributed by atoms with van der Waals surface area (Å²) < 4.78 is 1.00. The summed E-state index contributed by atoms with van der Waals surface area (Å²) in [5.41, 5.74) is 3.79. The van der Waals surface area contributed by atoms with Gasteiger partial charge in [0.1, 0.15) is 0 Å². The average molecular weight is 472 g/mol. The highest BCUT2D eigenvalue weighted by atomic mass is 79.9. The van der Waals surface area contributed by atoms with Gasteiger partial charge in [-0.3, -0.25) is 9.59 Å². The second-order valence-corrected chi connectivity index (χ2v) is 9.20. The molecule has 0 aromatic heterocycles. The van der Waals surface area contributed by atoms with Crippen LogP contribution in [0.1, 0.15) is 74.0 Å². The van der Waals surface area contributed by atoms with Crippen molar-refractivity contribution < 1.29 is 14.7 Å². The van der Waals surface area contributed by atoms with Crippen molar-refractivity contribution in [1.82, 2.24) is 0 Å². The quantitative estimate of drug-likeness (QED) is 0.453. The van der Waals surface area contributed by atoms with Crippen LogP contribution in [0.5, 0.6) is 0 Å². The third-order valence-electron chi connectivity index (χ3n) is 6.37. The number of hydrogen-bond acceptors (Lipinski definition) is 2. The maximum atomic E-state index is 13.4. The minimum atomic E-state index is -0.799. The topological polar surface area (TPSA) is 66.4 Å². The van der Waals surface area contributed by atoms with Crippen LogP contribution in [0.3, 0.4) is 0 Å². The standard InChI is InChI=1S/C25H30BrNO3/c1-3-17(15-23(28)29)21-9-6-10-22(16(21)2)27-25(30)24(18-7-4-5-8-18)19-11-13-20(26)14-12-19/h6,9-14,17-18,24H,3-5,7-8,15H2,1-2H3,(H,27,30)(H,28,29). The summed E-state index contributed by atoms with van der Waals surface area (Å²) in [6.45, 7) is 3.97. The Bertz CT molecular complexity index is 888. The van der Waals surface area contributed by atoms with E-state index in [1.54, 1.807) is 0 Å². The number of aliphatic carboxylic acids is 1. The van der Waals surface area contributed by atoms with E-state index in [4.69, 9.17) is 0 Å². The van der Waals surface area contributed by atoms with E-state index in [2.05, 4.69) is 21.2 Å². The number of amides is 1. The molecule has 0 saturated heterocycles. The summed E-state index contributed by atoms with van der Waals surface area (Å²) in [7, 11) is 0. The van der Waals surface area contributed by atoms with Gasteiger partial charge in [0, 0.05) is 10.2 Å². The molecule has 2 atom stereocenters. The zero-order chi connectivity index (χ0) is 21.7. The molecule has 2 aromatic carbocycles. The zero-order valence-corrected chi connectivity index (χ0v) is 19.2. The summed E-state index contributed by atoms with van der Waals surface area (Å²) in [5, 5.41) is 12.4. The summed E-state index contributed by atoms with van der Waals surface area (Å²) >= 11 is 3.48. The molecule has 1 amide bonds. The van der Waals surface area contributed by atoms with Crippen LogP contribution >= 0.6 is 15.9 Å². The summed E-state index contributed by atoms with van der Waals surface area (Å²) in [6, 6.07) is 13.9. The summed E-state index contributed by atoms with van der Waals surface area (Å²) in [4.78, 5) is 24.7. The van der Waals surface area contributed by atoms with E-state index >= 15 is 0 Å². The first-order valence-electron chi connectivity index (χ1n) is 10.8. The molecule has 2 unspecified atom stereocenters. The number of carbonyl (C=O) groups excluding carboxylic acids is 1. The van der Waals surface area contributed by atoms with Crippen molar-refractivity contribution in [3.8, 4) is 0 Å². The molecule has 0 heterocycles. The molecule has 30 heavy (non-hydrogen) atoms. The van der Waals surface area contributed by atoms with E-state index in [-0.39, 0.29) is 24.2 Å². The fourth-order valence-electron chi connectivity index (χ4n) is 4.73. The zero-order valence-electron chi connectivity index (χ0n) is 17.7. The number of nitrogens with one attached hydrogen (secondary N) is 1. The molecule has 1 aliphatic carbocycles. The molecule has 2 aromatic rings. The fraction of sp³-hybridized carbons (Fsp3) is 0.440. The lowest BCUT2D eigenvalue weighted by Crippen LogP contribution is -2.27. The van der Waals surface area contributed by atoms with Crippen molar-refractivity contribution >= 4 is 33.5 Å². The highest BCUT2D eigenvalue weighted by Crippen LogP contribution is 2.39. The minimum absolute atomic E-state index is 0.0238. The van der Waals surface area contributed by atoms with Crippen LogP contribution in [0.25, 0.3) is 0 Å². The molecule has 1 saturated carbocycles. The molecule has 5 heteroatoms. The second kappa shape index (κ2) is 10.3. The smallest absolute Gasteiger partial charge is 0.303 e. The Morgan fingerprint density at radius 3 is 2.40 bits per heavy atom. The van der Waals surface area contributed by atoms with Gasteiger partial charge in [-0.25, -0.2) is 0 Å². The Balaban J connectivity index is 1.87. The number of carbonyl (C=O) groups is 2. The van der Waals surface area contributed by atoms with Crippen molar-refractivity contribution in [2.45, 2.75) is 64.2 Å². The number of rotatable bonds is 8. The molecule has 0 spiro atoms. The number of carboxylic acids is 1. The van der Waals surface area contributed by atoms with Crippen LogP contribution in [0.2, 0.25) is 0 Å². The molecule has 1 fully saturated rings. The van der Waals surface area contributed by atoms with E-state index in [0.717, 1.165) is 46.1 Å². The number of halogens is 1. The third kappa shape index (κ3) is 5.31. The number of anilines is 1. The van der Waals surface area contributed by atoms with Gasteiger partial charge in [0.2, 0.25) is 5.91 Å². The van der Waals surface area contributed by atoms with Gasteiger partial charge >= 0.3 is 5.97 Å². The van der Waals surface area contributed by atoms with E-state index in [1.807, 2.05) is 56.3 Å². The molecule has 0 aliphatic heterocycles. The lowest BCUT2D eigenvalue weighted by Gasteiger charge is -2.25. The Morgan fingerprint density at radius 1 is 1.13 bits per heavy atom. The number of benzene rings is 2. The molecule has 2 N–H and O–H groups in total. The highest BCUT2D eigenvalue weighted by molar-refractivity contribution is 9.10. The molecule has 0 bridgehead atoms. The van der Waals surface area contributed by atoms with Crippen LogP contribution in [-0.4, -0.2) is 17.0 Å². The molecular formula is C25H30BrNO3. The second-order valence-electron chi connectivity index (χ2n) is 8.29. The van der Waals surface area contributed by atoms with Gasteiger partial charge in [-0.2, -0.15) is 0 Å². The maximum Gasteiger partial charge on any atom is 0.303 e. The average Bonchev–Trinajstić information content (AvgIpc) is 3.24. The van der Waals surface area contributed by atoms with Crippen LogP contribution in [0.4, 0.5) is 5.69 Å². The molecule has 4 nitrogen and oxygen atoms in total. The predicted molar refractivity (Wildman–Crippen MR) is 124 cm³/mol. The van der Waals surface area contributed by atoms with Crippen molar-refractivity contribution in [2.75, 3.05) is 5.32 Å². The monoisotopic (exact) mass is 471 g/mol. The van der Waals surface area contributed by atoms with Crippen molar-refractivity contribution in [3.05, 3.63) is 63.6 Å². The third-order valence-corrected chi connectivity index (χ3v) is 6.90. The van der Waals surface area contributed by atoms with Gasteiger partial charge in [-0.15, -0.1) is 0 Å². The van der Waals surface area contributed by atoms with Crippen LogP contribution in [0, 0.1) is 12.8 Å². The SMILES string of the molecule is CCC(CC(=O)O)c1cccc(NC(=O)C(c2ccc(Br)cc2)C2CCCC2)c1C. The van der Waals surface area contributed by atoms with Crippen LogP contribution in [0.15, 0.2) is 46.9 Å². The molecule has 1 aliphatic rings. The molecule has 0 radical (unpaired) electrons. The van der Waals surface area contributed by atoms with Gasteiger partial charge in [-0.05, 0) is 72.9 Å². The molecule has 3 rings (SSSR count). The fourth-order valence-corrected chi connectivity index (χ4v) is 4.99. The Hall–Kier alpha value is -2.14. The van der Waals surface area contributed by atoms with E-state index in [0.29, 0.717) is 5.92 Å². The Kier molecular flexibility index (Phi) is 7.70. The normalized spacial score (nSPS) is 16.2. The predicted octanol–water partition coefficient (Wildman–Crippen LogP) is 6.64. The first-order valence-corrected chi connectivity index (χ1v) is 11.6. The van der Waals surface area contributed by atoms with Gasteiger partial charge in [0.25, 0.3) is 0 Å². The Labute approximate surface area is 187 Å². The molecule has 160 valence electrons. The summed E-state index contributed by atoms with van der Waals surface area (Å²) in [6.07, 6.45) is 5.33. The first kappa shape index (κ1) is 22.5. The van der Waals surface area contributed by atoms with Gasteiger partial charge < -0.3 is 10.4 Å². The van der Waals surface area contributed by atoms with Crippen LogP contribution < -0.4 is 5.32 Å². The van der Waals surface area contributed by atoms with Gasteiger partial charge in [0.05, 0.1) is 12.3 Å². The van der Waals surface area contributed by atoms with E-state index in [9.17, 15) is 14.7 Å². The van der Waals surface area contributed by atoms with Gasteiger partial charge in [-0.1, -0.05) is 60.0 Å². The summed E-state index contributed by atoms with van der Waals surface area (Å²) in [5.74, 6) is -0.658. The van der Waals surface area contributed by atoms with Crippen molar-refractivity contribution in [3.63, 3.8) is 0 Å². The lowest BCUT2D eigenvalue weighted by molar-refractivity contribution is -0.137. The van der Waals surface area contributed by atoms with E-state index < -0.39 is 5.97 Å². The van der Waals surface area contributed by atoms with Crippen molar-refractivity contribution in [2.24, 2.45) is 5.92 Å². The largest absolute Gasteiger partial charge is 0.481 e. The van der Waals surface area contributed by atoms with Crippen LogP contribution in [-0.2, 0) is 9.59 Å². The number of carboxylic acid groups (broad SMARTS) is 1. The maximum absolute atomic E-state index is 13.4. The van der Waals surface area contributed by atoms with E-state index in [1.165, 1.54) is 12.8 Å². The first-order chi connectivity index (χ1) is 14.4. The number of hydrogen-bond donors (Lipinski definition) is 2. The highest BCUT2D eigenvalue weighted by Gasteiger charge is 2.32. The minimum Gasteiger partial charge on any atom is -0.481 e. The van der Waals surface area contributed by atoms with Gasteiger partial charge in [0.15, 0.2) is 0 Å². The van der Waals surface area contributed by atoms with Crippen molar-refractivity contribution in [1.29, 1.82) is 0 Å².